The van der Waals surface area contributed by atoms with Crippen LogP contribution in [0.25, 0.3) is 10.8 Å². The van der Waals surface area contributed by atoms with E-state index >= 15 is 0 Å². The van der Waals surface area contributed by atoms with Crippen LogP contribution in [-0.2, 0) is 0 Å². The lowest BCUT2D eigenvalue weighted by molar-refractivity contribution is 0.0867. The molecule has 0 unspecified atom stereocenters. The van der Waals surface area contributed by atoms with E-state index < -0.39 is 0 Å². The third kappa shape index (κ3) is 2.77. The van der Waals surface area contributed by atoms with Crippen molar-refractivity contribution in [3.05, 3.63) is 41.4 Å². The van der Waals surface area contributed by atoms with E-state index in [2.05, 4.69) is 18.3 Å². The van der Waals surface area contributed by atoms with Gasteiger partial charge in [-0.3, -0.25) is 0 Å². The van der Waals surface area contributed by atoms with Crippen molar-refractivity contribution in [2.75, 3.05) is 6.54 Å². The summed E-state index contributed by atoms with van der Waals surface area (Å²) in [7, 11) is 0. The normalized spacial score (nSPS) is 21.7. The summed E-state index contributed by atoms with van der Waals surface area (Å²) in [4.78, 5) is 0. The Labute approximate surface area is 125 Å². The van der Waals surface area contributed by atoms with Gasteiger partial charge < -0.3 is 10.1 Å². The molecule has 0 amide bonds. The maximum absolute atomic E-state index is 6.23. The lowest BCUT2D eigenvalue weighted by atomic mass is 9.89. The minimum absolute atomic E-state index is 0.328. The largest absolute Gasteiger partial charge is 0.490 e. The minimum atomic E-state index is 0.328. The van der Waals surface area contributed by atoms with Gasteiger partial charge in [-0.1, -0.05) is 42.8 Å². The van der Waals surface area contributed by atoms with Crippen molar-refractivity contribution in [1.82, 2.24) is 5.32 Å². The zero-order chi connectivity index (χ0) is 13.9. The van der Waals surface area contributed by atoms with E-state index in [9.17, 15) is 0 Å². The van der Waals surface area contributed by atoms with Crippen LogP contribution in [0.1, 0.15) is 26.2 Å². The fourth-order valence-corrected chi connectivity index (χ4v) is 2.92. The zero-order valence-corrected chi connectivity index (χ0v) is 12.5. The van der Waals surface area contributed by atoms with Crippen LogP contribution in [0.15, 0.2) is 36.4 Å². The van der Waals surface area contributed by atoms with Crippen LogP contribution < -0.4 is 10.1 Å². The first-order chi connectivity index (χ1) is 9.78. The van der Waals surface area contributed by atoms with Gasteiger partial charge in [0.25, 0.3) is 0 Å². The second kappa shape index (κ2) is 6.02. The zero-order valence-electron chi connectivity index (χ0n) is 11.7. The van der Waals surface area contributed by atoms with Gasteiger partial charge in [0.1, 0.15) is 11.9 Å². The first kappa shape index (κ1) is 13.7. The molecule has 0 bridgehead atoms. The van der Waals surface area contributed by atoms with Crippen molar-refractivity contribution in [2.45, 2.75) is 38.3 Å². The molecule has 106 valence electrons. The van der Waals surface area contributed by atoms with Crippen molar-refractivity contribution < 1.29 is 4.74 Å². The molecule has 0 aliphatic heterocycles. The summed E-state index contributed by atoms with van der Waals surface area (Å²) < 4.78 is 6.13. The SMILES string of the molecule is CCCNC1CC(Oc2ccc(Cl)c3ccccc23)C1. The summed E-state index contributed by atoms with van der Waals surface area (Å²) >= 11 is 6.23. The summed E-state index contributed by atoms with van der Waals surface area (Å²) in [6.07, 6.45) is 3.70. The van der Waals surface area contributed by atoms with Crippen molar-refractivity contribution in [3.8, 4) is 5.75 Å². The van der Waals surface area contributed by atoms with Crippen LogP contribution in [0, 0.1) is 0 Å². The number of fused-ring (bicyclic) bond motifs is 1. The van der Waals surface area contributed by atoms with Crippen LogP contribution in [0.4, 0.5) is 0 Å². The summed E-state index contributed by atoms with van der Waals surface area (Å²) in [5, 5.41) is 6.47. The highest BCUT2D eigenvalue weighted by Gasteiger charge is 2.30. The fourth-order valence-electron chi connectivity index (χ4n) is 2.69. The molecule has 20 heavy (non-hydrogen) atoms. The first-order valence-corrected chi connectivity index (χ1v) is 7.73. The molecule has 2 aromatic carbocycles. The Morgan fingerprint density at radius 3 is 2.65 bits per heavy atom. The van der Waals surface area contributed by atoms with Gasteiger partial charge >= 0.3 is 0 Å². The monoisotopic (exact) mass is 289 g/mol. The predicted octanol–water partition coefficient (Wildman–Crippen LogP) is 4.40. The van der Waals surface area contributed by atoms with Crippen molar-refractivity contribution in [2.24, 2.45) is 0 Å². The highest BCUT2D eigenvalue weighted by Crippen LogP contribution is 2.34. The number of hydrogen-bond acceptors (Lipinski definition) is 2. The van der Waals surface area contributed by atoms with Gasteiger partial charge in [0.2, 0.25) is 0 Å². The average Bonchev–Trinajstić information content (AvgIpc) is 2.44. The molecule has 2 nitrogen and oxygen atoms in total. The molecular weight excluding hydrogens is 270 g/mol. The maximum atomic E-state index is 6.23. The molecule has 0 radical (unpaired) electrons. The van der Waals surface area contributed by atoms with Crippen LogP contribution >= 0.6 is 11.6 Å². The highest BCUT2D eigenvalue weighted by atomic mass is 35.5. The number of benzene rings is 2. The number of ether oxygens (including phenoxy) is 1. The molecule has 2 aromatic rings. The Bertz CT molecular complexity index is 593. The Hall–Kier alpha value is -1.25. The number of halogens is 1. The minimum Gasteiger partial charge on any atom is -0.490 e. The molecule has 3 heteroatoms. The Morgan fingerprint density at radius 1 is 1.15 bits per heavy atom. The summed E-state index contributed by atoms with van der Waals surface area (Å²) in [5.74, 6) is 0.948. The van der Waals surface area contributed by atoms with Crippen LogP contribution in [0.3, 0.4) is 0 Å². The number of rotatable bonds is 5. The molecule has 1 saturated carbocycles. The number of hydrogen-bond donors (Lipinski definition) is 1. The number of nitrogens with one attached hydrogen (secondary N) is 1. The van der Waals surface area contributed by atoms with E-state index in [-0.39, 0.29) is 0 Å². The van der Waals surface area contributed by atoms with E-state index in [0.717, 1.165) is 40.9 Å². The quantitative estimate of drug-likeness (QED) is 0.881. The van der Waals surface area contributed by atoms with Gasteiger partial charge in [0, 0.05) is 21.8 Å². The Balaban J connectivity index is 1.69. The van der Waals surface area contributed by atoms with Gasteiger partial charge in [0.05, 0.1) is 0 Å². The third-order valence-electron chi connectivity index (χ3n) is 3.90. The topological polar surface area (TPSA) is 21.3 Å². The summed E-state index contributed by atoms with van der Waals surface area (Å²) in [6, 6.07) is 12.7. The second-order valence-electron chi connectivity index (χ2n) is 5.45. The molecule has 1 aliphatic carbocycles. The molecule has 0 saturated heterocycles. The molecule has 1 N–H and O–H groups in total. The predicted molar refractivity (Wildman–Crippen MR) is 84.7 cm³/mol. The van der Waals surface area contributed by atoms with Gasteiger partial charge in [-0.15, -0.1) is 0 Å². The molecule has 1 fully saturated rings. The summed E-state index contributed by atoms with van der Waals surface area (Å²) in [6.45, 7) is 3.29. The molecule has 0 aromatic heterocycles. The van der Waals surface area contributed by atoms with E-state index in [0.29, 0.717) is 12.1 Å². The van der Waals surface area contributed by atoms with Crippen molar-refractivity contribution in [1.29, 1.82) is 0 Å². The maximum Gasteiger partial charge on any atom is 0.127 e. The highest BCUT2D eigenvalue weighted by molar-refractivity contribution is 6.35. The fraction of sp³-hybridized carbons (Fsp3) is 0.412. The van der Waals surface area contributed by atoms with E-state index in [1.54, 1.807) is 0 Å². The molecule has 3 rings (SSSR count). The van der Waals surface area contributed by atoms with Gasteiger partial charge in [-0.05, 0) is 37.9 Å². The van der Waals surface area contributed by atoms with Gasteiger partial charge in [-0.2, -0.15) is 0 Å². The smallest absolute Gasteiger partial charge is 0.127 e. The van der Waals surface area contributed by atoms with Crippen LogP contribution in [0.2, 0.25) is 5.02 Å². The van der Waals surface area contributed by atoms with E-state index in [1.165, 1.54) is 6.42 Å². The average molecular weight is 290 g/mol. The lowest BCUT2D eigenvalue weighted by Crippen LogP contribution is -2.47. The van der Waals surface area contributed by atoms with Crippen molar-refractivity contribution in [3.63, 3.8) is 0 Å². The van der Waals surface area contributed by atoms with Crippen LogP contribution in [-0.4, -0.2) is 18.7 Å². The lowest BCUT2D eigenvalue weighted by Gasteiger charge is -2.36. The third-order valence-corrected chi connectivity index (χ3v) is 4.23. The van der Waals surface area contributed by atoms with Gasteiger partial charge in [-0.25, -0.2) is 0 Å². The second-order valence-corrected chi connectivity index (χ2v) is 5.86. The van der Waals surface area contributed by atoms with Crippen LogP contribution in [0.5, 0.6) is 5.75 Å². The van der Waals surface area contributed by atoms with Gasteiger partial charge in [0.15, 0.2) is 0 Å². The first-order valence-electron chi connectivity index (χ1n) is 7.35. The molecular formula is C17H20ClNO. The molecule has 0 spiro atoms. The molecule has 0 atom stereocenters. The van der Waals surface area contributed by atoms with Crippen molar-refractivity contribution >= 4 is 22.4 Å². The van der Waals surface area contributed by atoms with E-state index in [4.69, 9.17) is 16.3 Å². The summed E-state index contributed by atoms with van der Waals surface area (Å²) in [5.41, 5.74) is 0. The van der Waals surface area contributed by atoms with E-state index in [1.807, 2.05) is 30.3 Å². The standard InChI is InChI=1S/C17H20ClNO/c1-2-9-19-12-10-13(11-12)20-17-8-7-16(18)14-5-3-4-6-15(14)17/h3-8,12-13,19H,2,9-11H2,1H3. The molecule has 1 aliphatic rings. The Kier molecular flexibility index (Phi) is 4.13. The molecule has 0 heterocycles. The Morgan fingerprint density at radius 2 is 1.90 bits per heavy atom.